The Kier molecular flexibility index (Phi) is 4.49. The maximum absolute atomic E-state index is 13.3. The van der Waals surface area contributed by atoms with Crippen LogP contribution in [0.25, 0.3) is 5.69 Å². The average molecular weight is 383 g/mol. The quantitative estimate of drug-likeness (QED) is 0.748. The summed E-state index contributed by atoms with van der Waals surface area (Å²) in [6.07, 6.45) is 3.53. The summed E-state index contributed by atoms with van der Waals surface area (Å²) in [6.45, 7) is 6.10. The van der Waals surface area contributed by atoms with Crippen LogP contribution >= 0.6 is 0 Å². The van der Waals surface area contributed by atoms with Gasteiger partial charge in [0.15, 0.2) is 0 Å². The molecule has 0 saturated heterocycles. The molecule has 0 unspecified atom stereocenters. The molecule has 8 heteroatoms. The smallest absolute Gasteiger partial charge is 0.226 e. The number of nitrogens with one attached hydrogen (secondary N) is 1. The van der Waals surface area contributed by atoms with E-state index in [2.05, 4.69) is 39.2 Å². The zero-order chi connectivity index (χ0) is 19.9. The summed E-state index contributed by atoms with van der Waals surface area (Å²) < 4.78 is 19.8. The second-order valence-electron chi connectivity index (χ2n) is 8.07. The van der Waals surface area contributed by atoms with Gasteiger partial charge < -0.3 is 5.32 Å². The highest BCUT2D eigenvalue weighted by atomic mass is 19.1. The van der Waals surface area contributed by atoms with Gasteiger partial charge in [0.05, 0.1) is 30.0 Å². The van der Waals surface area contributed by atoms with Gasteiger partial charge in [0.25, 0.3) is 0 Å². The van der Waals surface area contributed by atoms with Gasteiger partial charge in [-0.1, -0.05) is 24.2 Å². The summed E-state index contributed by atoms with van der Waals surface area (Å²) in [6, 6.07) is 6.10. The lowest BCUT2D eigenvalue weighted by molar-refractivity contribution is -0.121. The number of benzene rings is 1. The second kappa shape index (κ2) is 6.85. The van der Waals surface area contributed by atoms with Crippen molar-refractivity contribution in [1.29, 1.82) is 0 Å². The minimum Gasteiger partial charge on any atom is -0.349 e. The van der Waals surface area contributed by atoms with Gasteiger partial charge >= 0.3 is 0 Å². The molecule has 2 heterocycles. The molecule has 0 saturated carbocycles. The van der Waals surface area contributed by atoms with Gasteiger partial charge in [0.2, 0.25) is 5.91 Å². The van der Waals surface area contributed by atoms with Crippen LogP contribution in [-0.4, -0.2) is 26.0 Å². The van der Waals surface area contributed by atoms with Gasteiger partial charge in [-0.15, -0.1) is 0 Å². The van der Waals surface area contributed by atoms with E-state index in [1.165, 1.54) is 12.1 Å². The monoisotopic (exact) mass is 383 g/mol. The van der Waals surface area contributed by atoms with Crippen molar-refractivity contribution in [1.82, 2.24) is 25.4 Å². The van der Waals surface area contributed by atoms with Crippen LogP contribution < -0.4 is 5.32 Å². The first-order valence-corrected chi connectivity index (χ1v) is 9.22. The van der Waals surface area contributed by atoms with E-state index < -0.39 is 0 Å². The van der Waals surface area contributed by atoms with Crippen LogP contribution in [0.15, 0.2) is 35.1 Å². The van der Waals surface area contributed by atoms with Crippen LogP contribution in [0.5, 0.6) is 0 Å². The minimum absolute atomic E-state index is 0.0197. The molecule has 1 aliphatic rings. The predicted molar refractivity (Wildman–Crippen MR) is 99.2 cm³/mol. The van der Waals surface area contributed by atoms with E-state index in [4.69, 9.17) is 0 Å². The number of aromatic nitrogens is 4. The molecule has 0 aliphatic heterocycles. The molecule has 0 bridgehead atoms. The molecular formula is C20H22FN5O2. The number of fused-ring (bicyclic) bond motifs is 1. The van der Waals surface area contributed by atoms with Gasteiger partial charge in [-0.05, 0) is 49.4 Å². The van der Waals surface area contributed by atoms with Gasteiger partial charge in [-0.25, -0.2) is 13.7 Å². The molecule has 1 atom stereocenters. The van der Waals surface area contributed by atoms with Crippen LogP contribution in [-0.2, 0) is 17.6 Å². The van der Waals surface area contributed by atoms with Crippen molar-refractivity contribution in [3.63, 3.8) is 0 Å². The normalized spacial score (nSPS) is 17.9. The van der Waals surface area contributed by atoms with E-state index in [9.17, 15) is 9.18 Å². The van der Waals surface area contributed by atoms with Crippen molar-refractivity contribution in [2.24, 2.45) is 5.41 Å². The molecule has 1 aromatic carbocycles. The Bertz CT molecular complexity index is 1010. The fraction of sp³-hybridized carbons (Fsp3) is 0.400. The third kappa shape index (κ3) is 3.54. The largest absolute Gasteiger partial charge is 0.349 e. The molecule has 0 spiro atoms. The van der Waals surface area contributed by atoms with Gasteiger partial charge in [-0.3, -0.25) is 4.79 Å². The number of carbonyl (C=O) groups is 1. The average Bonchev–Trinajstić information content (AvgIpc) is 3.21. The first kappa shape index (κ1) is 18.3. The van der Waals surface area contributed by atoms with Crippen molar-refractivity contribution >= 4 is 5.91 Å². The highest BCUT2D eigenvalue weighted by Gasteiger charge is 2.36. The first-order valence-electron chi connectivity index (χ1n) is 9.22. The molecule has 0 radical (unpaired) electrons. The van der Waals surface area contributed by atoms with Crippen LogP contribution in [0.1, 0.15) is 49.0 Å². The first-order chi connectivity index (χ1) is 13.3. The Morgan fingerprint density at radius 3 is 2.75 bits per heavy atom. The molecule has 146 valence electrons. The Hall–Kier alpha value is -3.03. The summed E-state index contributed by atoms with van der Waals surface area (Å²) in [5.74, 6) is -0.421. The summed E-state index contributed by atoms with van der Waals surface area (Å²) in [5.41, 5.74) is 3.96. The maximum Gasteiger partial charge on any atom is 0.226 e. The number of hydrogen-bond donors (Lipinski definition) is 1. The molecular weight excluding hydrogens is 361 g/mol. The van der Waals surface area contributed by atoms with Crippen molar-refractivity contribution in [3.8, 4) is 5.69 Å². The molecule has 7 nitrogen and oxygen atoms in total. The SMILES string of the molecule is Cc1nonc1CC(=O)N[C@H]1CC(C)(C)Cc2c1cnn2-c1ccc(F)cc1. The number of amides is 1. The van der Waals surface area contributed by atoms with E-state index in [0.717, 1.165) is 29.8 Å². The maximum atomic E-state index is 13.3. The minimum atomic E-state index is -0.284. The van der Waals surface area contributed by atoms with E-state index in [0.29, 0.717) is 11.4 Å². The van der Waals surface area contributed by atoms with Crippen molar-refractivity contribution < 1.29 is 13.8 Å². The van der Waals surface area contributed by atoms with Crippen LogP contribution in [0, 0.1) is 18.2 Å². The fourth-order valence-electron chi connectivity index (χ4n) is 3.78. The Balaban J connectivity index is 1.61. The lowest BCUT2D eigenvalue weighted by Gasteiger charge is -2.36. The fourth-order valence-corrected chi connectivity index (χ4v) is 3.78. The number of rotatable bonds is 4. The summed E-state index contributed by atoms with van der Waals surface area (Å²) in [5, 5.41) is 15.1. The molecule has 1 amide bonds. The molecule has 4 rings (SSSR count). The van der Waals surface area contributed by atoms with Crippen LogP contribution in [0.4, 0.5) is 4.39 Å². The van der Waals surface area contributed by atoms with Crippen LogP contribution in [0.3, 0.4) is 0 Å². The number of carbonyl (C=O) groups excluding carboxylic acids is 1. The van der Waals surface area contributed by atoms with E-state index >= 15 is 0 Å². The molecule has 1 N–H and O–H groups in total. The second-order valence-corrected chi connectivity index (χ2v) is 8.07. The number of halogens is 1. The Morgan fingerprint density at radius 1 is 1.32 bits per heavy atom. The number of hydrogen-bond acceptors (Lipinski definition) is 5. The van der Waals surface area contributed by atoms with Gasteiger partial charge in [-0.2, -0.15) is 5.10 Å². The predicted octanol–water partition coefficient (Wildman–Crippen LogP) is 3.08. The zero-order valence-electron chi connectivity index (χ0n) is 16.1. The van der Waals surface area contributed by atoms with Gasteiger partial charge in [0, 0.05) is 5.56 Å². The van der Waals surface area contributed by atoms with Crippen molar-refractivity contribution in [3.05, 3.63) is 58.9 Å². The lowest BCUT2D eigenvalue weighted by Crippen LogP contribution is -2.37. The van der Waals surface area contributed by atoms with Crippen LogP contribution in [0.2, 0.25) is 0 Å². The van der Waals surface area contributed by atoms with Crippen molar-refractivity contribution in [2.45, 2.75) is 46.1 Å². The van der Waals surface area contributed by atoms with E-state index in [-0.39, 0.29) is 29.6 Å². The summed E-state index contributed by atoms with van der Waals surface area (Å²) in [4.78, 5) is 12.6. The van der Waals surface area contributed by atoms with Crippen molar-refractivity contribution in [2.75, 3.05) is 0 Å². The summed E-state index contributed by atoms with van der Waals surface area (Å²) >= 11 is 0. The van der Waals surface area contributed by atoms with Gasteiger partial charge in [0.1, 0.15) is 17.2 Å². The highest BCUT2D eigenvalue weighted by Crippen LogP contribution is 2.41. The number of nitrogens with zero attached hydrogens (tertiary/aromatic N) is 4. The number of aryl methyl sites for hydroxylation is 1. The zero-order valence-corrected chi connectivity index (χ0v) is 16.1. The Morgan fingerprint density at radius 2 is 2.07 bits per heavy atom. The third-order valence-electron chi connectivity index (χ3n) is 5.16. The van der Waals surface area contributed by atoms with E-state index in [1.807, 2.05) is 4.68 Å². The highest BCUT2D eigenvalue weighted by molar-refractivity contribution is 5.78. The standard InChI is InChI=1S/C20H22FN5O2/c1-12-16(25-28-24-12)8-19(27)23-17-9-20(2,3)10-18-15(17)11-22-26(18)14-6-4-13(21)5-7-14/h4-7,11,17H,8-10H2,1-3H3,(H,23,27)/t17-/m0/s1. The van der Waals surface area contributed by atoms with E-state index in [1.54, 1.807) is 25.3 Å². The molecule has 1 aliphatic carbocycles. The Labute approximate surface area is 161 Å². The molecule has 3 aromatic rings. The lowest BCUT2D eigenvalue weighted by atomic mass is 9.74. The topological polar surface area (TPSA) is 85.8 Å². The molecule has 0 fully saturated rings. The molecule has 28 heavy (non-hydrogen) atoms. The molecule has 2 aromatic heterocycles. The third-order valence-corrected chi connectivity index (χ3v) is 5.16. The summed E-state index contributed by atoms with van der Waals surface area (Å²) in [7, 11) is 0.